The molecule has 0 saturated carbocycles. The molecule has 109 heavy (non-hydrogen) atoms. The Bertz CT molecular complexity index is 3650. The third-order valence-corrected chi connectivity index (χ3v) is 19.0. The number of aromatic hydroxyl groups is 8. The summed E-state index contributed by atoms with van der Waals surface area (Å²) < 4.78 is 0. The summed E-state index contributed by atoms with van der Waals surface area (Å²) in [6.45, 7) is 15.0. The summed E-state index contributed by atoms with van der Waals surface area (Å²) in [5, 5.41) is 81.2. The van der Waals surface area contributed by atoms with Gasteiger partial charge in [-0.15, -0.1) is 0 Å². The van der Waals surface area contributed by atoms with Crippen LogP contribution in [0.3, 0.4) is 0 Å². The Morgan fingerprint density at radius 3 is 0.532 bits per heavy atom. The molecule has 0 aromatic heterocycles. The lowest BCUT2D eigenvalue weighted by atomic mass is 10.1. The van der Waals surface area contributed by atoms with Gasteiger partial charge in [-0.2, -0.15) is 0 Å². The standard InChI is InChI=1S/2C24H30N2O2.2C20H26N2O2.5CH4/c2*27-23-15-19(7-9-21(23)17-25-11-1-2-12-25)5-6-20-8-10-22(24(28)16-20)18-26-13-3-4-14-26;2*1-21(2)13-17-11-15(7-9-19(17)23)5-6-16-8-10-20(24)18(12-16)14-22(3)4;;;;;/h2*5-10,15-16,27-28H,1-4,11-14,17-18H2;2*5-12,23-24H,13-14H2,1-4H3;5*1H4/b6-5+;6-5-;6-5+;6-5-;;;;;. The van der Waals surface area contributed by atoms with Gasteiger partial charge in [0.15, 0.2) is 0 Å². The molecular weight excluding hydrogens is 1360 g/mol. The van der Waals surface area contributed by atoms with E-state index in [9.17, 15) is 40.9 Å². The van der Waals surface area contributed by atoms with E-state index in [1.54, 1.807) is 24.3 Å². The fourth-order valence-electron chi connectivity index (χ4n) is 13.5. The molecule has 4 saturated heterocycles. The van der Waals surface area contributed by atoms with Gasteiger partial charge in [-0.1, -0.05) is 159 Å². The molecular formula is C93H132N8O8. The summed E-state index contributed by atoms with van der Waals surface area (Å²) in [6.07, 6.45) is 26.0. The predicted octanol–water partition coefficient (Wildman–Crippen LogP) is 18.9. The zero-order valence-corrected chi connectivity index (χ0v) is 62.6. The van der Waals surface area contributed by atoms with Crippen molar-refractivity contribution in [1.29, 1.82) is 0 Å². The maximum absolute atomic E-state index is 10.4. The number of benzene rings is 8. The molecule has 8 N–H and O–H groups in total. The van der Waals surface area contributed by atoms with Crippen LogP contribution >= 0.6 is 0 Å². The van der Waals surface area contributed by atoms with Crippen molar-refractivity contribution in [3.63, 3.8) is 0 Å². The second-order valence-corrected chi connectivity index (χ2v) is 29.3. The molecule has 592 valence electrons. The number of hydrogen-bond acceptors (Lipinski definition) is 16. The van der Waals surface area contributed by atoms with Crippen LogP contribution in [0.4, 0.5) is 0 Å². The molecule has 8 aromatic carbocycles. The van der Waals surface area contributed by atoms with Crippen LogP contribution in [0.15, 0.2) is 146 Å². The Balaban J connectivity index is 0.000000303. The predicted molar refractivity (Wildman–Crippen MR) is 462 cm³/mol. The van der Waals surface area contributed by atoms with Gasteiger partial charge in [-0.05, 0) is 277 Å². The van der Waals surface area contributed by atoms with Gasteiger partial charge in [-0.3, -0.25) is 19.6 Å². The molecule has 0 aliphatic carbocycles. The molecule has 0 bridgehead atoms. The number of nitrogens with zero attached hydrogens (tertiary/aromatic N) is 8. The molecule has 8 aromatic rings. The minimum Gasteiger partial charge on any atom is -0.508 e. The van der Waals surface area contributed by atoms with Gasteiger partial charge in [-0.25, -0.2) is 0 Å². The first kappa shape index (κ1) is 92.2. The van der Waals surface area contributed by atoms with Crippen LogP contribution in [0.25, 0.3) is 48.6 Å². The molecule has 4 heterocycles. The van der Waals surface area contributed by atoms with Crippen LogP contribution in [-0.2, 0) is 52.4 Å². The van der Waals surface area contributed by atoms with Crippen LogP contribution in [0.1, 0.15) is 178 Å². The number of phenolic OH excluding ortho intramolecular Hbond substituents is 8. The second kappa shape index (κ2) is 46.3. The Morgan fingerprint density at radius 2 is 0.376 bits per heavy atom. The molecule has 16 nitrogen and oxygen atoms in total. The Morgan fingerprint density at radius 1 is 0.220 bits per heavy atom. The van der Waals surface area contributed by atoms with Gasteiger partial charge in [0.25, 0.3) is 0 Å². The van der Waals surface area contributed by atoms with E-state index in [0.717, 1.165) is 168 Å². The highest BCUT2D eigenvalue weighted by Crippen LogP contribution is 2.31. The van der Waals surface area contributed by atoms with Crippen molar-refractivity contribution in [1.82, 2.24) is 39.2 Å². The van der Waals surface area contributed by atoms with Crippen molar-refractivity contribution < 1.29 is 40.9 Å². The van der Waals surface area contributed by atoms with Crippen LogP contribution in [-0.4, -0.2) is 189 Å². The number of likely N-dealkylation sites (tertiary alicyclic amines) is 4. The summed E-state index contributed by atoms with van der Waals surface area (Å²) in [7, 11) is 15.8. The highest BCUT2D eigenvalue weighted by molar-refractivity contribution is 5.74. The first-order valence-electron chi connectivity index (χ1n) is 36.8. The van der Waals surface area contributed by atoms with Crippen LogP contribution < -0.4 is 0 Å². The summed E-state index contributed by atoms with van der Waals surface area (Å²) in [5.41, 5.74) is 15.6. The number of hydrogen-bond donors (Lipinski definition) is 8. The minimum atomic E-state index is 0. The zero-order valence-electron chi connectivity index (χ0n) is 62.6. The Labute approximate surface area is 655 Å². The van der Waals surface area contributed by atoms with Gasteiger partial charge in [0, 0.05) is 96.9 Å². The van der Waals surface area contributed by atoms with Crippen LogP contribution in [0.5, 0.6) is 46.0 Å². The quantitative estimate of drug-likeness (QED) is 0.0267. The van der Waals surface area contributed by atoms with E-state index in [0.29, 0.717) is 72.2 Å². The minimum absolute atomic E-state index is 0. The lowest BCUT2D eigenvalue weighted by molar-refractivity contribution is 0.324. The van der Waals surface area contributed by atoms with Crippen molar-refractivity contribution in [2.24, 2.45) is 0 Å². The monoisotopic (exact) mass is 1490 g/mol. The molecule has 16 heteroatoms. The van der Waals surface area contributed by atoms with Crippen LogP contribution in [0, 0.1) is 0 Å². The third kappa shape index (κ3) is 30.3. The van der Waals surface area contributed by atoms with Crippen molar-refractivity contribution in [2.45, 2.75) is 141 Å². The summed E-state index contributed by atoms with van der Waals surface area (Å²) >= 11 is 0. The molecule has 0 atom stereocenters. The molecule has 0 radical (unpaired) electrons. The first-order chi connectivity index (χ1) is 50.0. The number of phenols is 8. The molecule has 4 aliphatic rings. The molecule has 4 aliphatic heterocycles. The van der Waals surface area contributed by atoms with E-state index in [-0.39, 0.29) is 37.1 Å². The van der Waals surface area contributed by atoms with E-state index in [1.807, 2.05) is 246 Å². The van der Waals surface area contributed by atoms with Crippen molar-refractivity contribution in [3.05, 3.63) is 235 Å². The maximum atomic E-state index is 10.4. The molecule has 0 unspecified atom stereocenters. The first-order valence-corrected chi connectivity index (χ1v) is 36.8. The van der Waals surface area contributed by atoms with Gasteiger partial charge in [0.1, 0.15) is 46.0 Å². The van der Waals surface area contributed by atoms with Gasteiger partial charge >= 0.3 is 0 Å². The summed E-state index contributed by atoms with van der Waals surface area (Å²) in [5.74, 6) is 2.71. The topological polar surface area (TPSA) is 188 Å². The highest BCUT2D eigenvalue weighted by atomic mass is 16.3. The normalized spacial score (nSPS) is 14.6. The summed E-state index contributed by atoms with van der Waals surface area (Å²) in [6, 6.07) is 46.0. The van der Waals surface area contributed by atoms with Gasteiger partial charge in [0.2, 0.25) is 0 Å². The van der Waals surface area contributed by atoms with Crippen molar-refractivity contribution in [2.75, 3.05) is 109 Å². The fraction of sp³-hybridized carbons (Fsp3) is 0.398. The molecule has 4 fully saturated rings. The smallest absolute Gasteiger partial charge is 0.120 e. The fourth-order valence-corrected chi connectivity index (χ4v) is 13.5. The summed E-state index contributed by atoms with van der Waals surface area (Å²) in [4.78, 5) is 17.6. The average Bonchev–Trinajstić information content (AvgIpc) is 1.85. The van der Waals surface area contributed by atoms with E-state index in [2.05, 4.69) is 19.6 Å². The SMILES string of the molecule is C.C.C.C.C.CN(C)Cc1cc(/C=C/c2ccc(O)c(CN(C)C)c2)ccc1O.CN(C)Cc1cc(/C=C\c2ccc(O)c(CN(C)C)c2)ccc1O.Oc1cc(/C=C/c2ccc(CN3CCCC3)c(O)c2)ccc1CN1CCCC1.Oc1cc(/C=C\c2ccc(CN3CCCC3)c(O)c2)ccc1CN1CCCC1. The van der Waals surface area contributed by atoms with E-state index < -0.39 is 0 Å². The lowest BCUT2D eigenvalue weighted by Gasteiger charge is -2.16. The third-order valence-electron chi connectivity index (χ3n) is 19.0. The Kier molecular flexibility index (Phi) is 39.2. The Hall–Kier alpha value is -9.20. The van der Waals surface area contributed by atoms with Crippen LogP contribution in [0.2, 0.25) is 0 Å². The van der Waals surface area contributed by atoms with Gasteiger partial charge in [0.05, 0.1) is 0 Å². The lowest BCUT2D eigenvalue weighted by Crippen LogP contribution is -2.18. The molecule has 0 spiro atoms. The molecule has 0 amide bonds. The van der Waals surface area contributed by atoms with E-state index in [1.165, 1.54) is 51.4 Å². The van der Waals surface area contributed by atoms with Crippen molar-refractivity contribution >= 4 is 48.6 Å². The maximum Gasteiger partial charge on any atom is 0.120 e. The van der Waals surface area contributed by atoms with Crippen molar-refractivity contribution in [3.8, 4) is 46.0 Å². The molecule has 12 rings (SSSR count). The zero-order chi connectivity index (χ0) is 74.1. The average molecular weight is 1490 g/mol. The highest BCUT2D eigenvalue weighted by Gasteiger charge is 2.19. The number of rotatable bonds is 24. The second-order valence-electron chi connectivity index (χ2n) is 29.3. The largest absolute Gasteiger partial charge is 0.508 e. The van der Waals surface area contributed by atoms with E-state index >= 15 is 0 Å². The van der Waals surface area contributed by atoms with Gasteiger partial charge < -0.3 is 60.5 Å². The van der Waals surface area contributed by atoms with E-state index in [4.69, 9.17) is 0 Å².